The van der Waals surface area contributed by atoms with E-state index in [1.54, 1.807) is 0 Å². The second-order valence-corrected chi connectivity index (χ2v) is 7.65. The fraction of sp³-hybridized carbons (Fsp3) is 0.667. The maximum absolute atomic E-state index is 9.59. The lowest BCUT2D eigenvalue weighted by molar-refractivity contribution is 0.102. The first-order chi connectivity index (χ1) is 11.1. The van der Waals surface area contributed by atoms with Gasteiger partial charge in [0.1, 0.15) is 0 Å². The van der Waals surface area contributed by atoms with Crippen LogP contribution in [0, 0.1) is 5.92 Å². The molecule has 0 unspecified atom stereocenters. The monoisotopic (exact) mass is 356 g/mol. The highest BCUT2D eigenvalue weighted by Gasteiger charge is 2.22. The van der Waals surface area contributed by atoms with E-state index in [-0.39, 0.29) is 6.10 Å². The van der Waals surface area contributed by atoms with Crippen molar-refractivity contribution < 1.29 is 5.11 Å². The van der Waals surface area contributed by atoms with Crippen molar-refractivity contribution in [2.75, 3.05) is 37.6 Å². The highest BCUT2D eigenvalue weighted by molar-refractivity contribution is 6.43. The van der Waals surface area contributed by atoms with Gasteiger partial charge in [0.05, 0.1) is 21.8 Å². The van der Waals surface area contributed by atoms with Gasteiger partial charge in [-0.05, 0) is 56.7 Å². The fourth-order valence-electron chi connectivity index (χ4n) is 3.75. The largest absolute Gasteiger partial charge is 0.393 e. The molecule has 1 saturated carbocycles. The van der Waals surface area contributed by atoms with E-state index >= 15 is 0 Å². The topological polar surface area (TPSA) is 26.7 Å². The zero-order chi connectivity index (χ0) is 16.2. The van der Waals surface area contributed by atoms with Gasteiger partial charge in [0.2, 0.25) is 0 Å². The summed E-state index contributed by atoms with van der Waals surface area (Å²) in [4.78, 5) is 4.89. The van der Waals surface area contributed by atoms with Gasteiger partial charge in [-0.25, -0.2) is 0 Å². The number of nitrogens with zero attached hydrogens (tertiary/aromatic N) is 2. The molecule has 23 heavy (non-hydrogen) atoms. The summed E-state index contributed by atoms with van der Waals surface area (Å²) >= 11 is 12.5. The van der Waals surface area contributed by atoms with E-state index in [0.717, 1.165) is 50.6 Å². The molecule has 1 aromatic rings. The molecule has 0 bridgehead atoms. The zero-order valence-electron chi connectivity index (χ0n) is 13.6. The molecule has 1 saturated heterocycles. The first kappa shape index (κ1) is 17.3. The standard InChI is InChI=1S/C18H26Cl2N2O/c19-16-2-1-3-17(18(16)20)22-12-10-21(11-13-22)9-8-14-4-6-15(23)7-5-14/h1-3,14-15,23H,4-13H2. The molecule has 0 radical (unpaired) electrons. The maximum Gasteiger partial charge on any atom is 0.0825 e. The fourth-order valence-corrected chi connectivity index (χ4v) is 4.16. The molecule has 128 valence electrons. The lowest BCUT2D eigenvalue weighted by Gasteiger charge is -2.37. The van der Waals surface area contributed by atoms with Crippen molar-refractivity contribution >= 4 is 28.9 Å². The zero-order valence-corrected chi connectivity index (χ0v) is 15.1. The second-order valence-electron chi connectivity index (χ2n) is 6.86. The second kappa shape index (κ2) is 8.06. The molecule has 0 amide bonds. The van der Waals surface area contributed by atoms with E-state index < -0.39 is 0 Å². The molecule has 1 heterocycles. The molecule has 2 fully saturated rings. The predicted molar refractivity (Wildman–Crippen MR) is 97.7 cm³/mol. The SMILES string of the molecule is OC1CCC(CCN2CCN(c3cccc(Cl)c3Cl)CC2)CC1. The molecule has 1 aliphatic heterocycles. The summed E-state index contributed by atoms with van der Waals surface area (Å²) in [5, 5.41) is 10.9. The van der Waals surface area contributed by atoms with Crippen molar-refractivity contribution in [2.24, 2.45) is 5.92 Å². The number of rotatable bonds is 4. The van der Waals surface area contributed by atoms with Crippen molar-refractivity contribution in [2.45, 2.75) is 38.2 Å². The number of halogens is 2. The van der Waals surface area contributed by atoms with E-state index in [2.05, 4.69) is 15.9 Å². The van der Waals surface area contributed by atoms with Gasteiger partial charge in [0, 0.05) is 26.2 Å². The molecule has 1 aliphatic carbocycles. The molecule has 3 nitrogen and oxygen atoms in total. The first-order valence-electron chi connectivity index (χ1n) is 8.73. The average molecular weight is 357 g/mol. The van der Waals surface area contributed by atoms with Crippen LogP contribution in [-0.4, -0.2) is 48.8 Å². The minimum absolute atomic E-state index is 0.0442. The molecular weight excluding hydrogens is 331 g/mol. The number of aliphatic hydroxyl groups is 1. The highest BCUT2D eigenvalue weighted by atomic mass is 35.5. The Hall–Kier alpha value is -0.480. The first-order valence-corrected chi connectivity index (χ1v) is 9.48. The van der Waals surface area contributed by atoms with E-state index in [0.29, 0.717) is 10.0 Å². The Morgan fingerprint density at radius 1 is 1.00 bits per heavy atom. The highest BCUT2D eigenvalue weighted by Crippen LogP contribution is 2.33. The quantitative estimate of drug-likeness (QED) is 0.881. The van der Waals surface area contributed by atoms with Crippen molar-refractivity contribution in [1.29, 1.82) is 0 Å². The average Bonchev–Trinajstić information content (AvgIpc) is 2.57. The Bertz CT molecular complexity index is 510. The van der Waals surface area contributed by atoms with Crippen LogP contribution in [0.5, 0.6) is 0 Å². The van der Waals surface area contributed by atoms with Gasteiger partial charge >= 0.3 is 0 Å². The van der Waals surface area contributed by atoms with Gasteiger partial charge in [-0.2, -0.15) is 0 Å². The minimum atomic E-state index is -0.0442. The minimum Gasteiger partial charge on any atom is -0.393 e. The molecule has 2 aliphatic rings. The van der Waals surface area contributed by atoms with Crippen molar-refractivity contribution in [3.8, 4) is 0 Å². The maximum atomic E-state index is 9.59. The van der Waals surface area contributed by atoms with Gasteiger partial charge in [-0.15, -0.1) is 0 Å². The number of piperazine rings is 1. The van der Waals surface area contributed by atoms with Crippen LogP contribution >= 0.6 is 23.2 Å². The van der Waals surface area contributed by atoms with Crippen molar-refractivity contribution in [1.82, 2.24) is 4.90 Å². The van der Waals surface area contributed by atoms with Gasteiger partial charge in [0.25, 0.3) is 0 Å². The van der Waals surface area contributed by atoms with Gasteiger partial charge in [-0.3, -0.25) is 4.90 Å². The molecule has 1 aromatic carbocycles. The van der Waals surface area contributed by atoms with Crippen LogP contribution in [0.4, 0.5) is 5.69 Å². The summed E-state index contributed by atoms with van der Waals surface area (Å²) in [5.41, 5.74) is 1.06. The Morgan fingerprint density at radius 3 is 2.39 bits per heavy atom. The van der Waals surface area contributed by atoms with Crippen LogP contribution in [0.2, 0.25) is 10.0 Å². The summed E-state index contributed by atoms with van der Waals surface area (Å²) in [6.45, 7) is 5.35. The predicted octanol–water partition coefficient (Wildman–Crippen LogP) is 4.06. The molecule has 0 atom stereocenters. The van der Waals surface area contributed by atoms with E-state index in [1.807, 2.05) is 12.1 Å². The van der Waals surface area contributed by atoms with E-state index in [4.69, 9.17) is 23.2 Å². The number of hydrogen-bond donors (Lipinski definition) is 1. The van der Waals surface area contributed by atoms with E-state index in [1.165, 1.54) is 25.8 Å². The Kier molecular flexibility index (Phi) is 6.08. The number of benzene rings is 1. The summed E-state index contributed by atoms with van der Waals surface area (Å²) in [6, 6.07) is 5.86. The number of aliphatic hydroxyl groups excluding tert-OH is 1. The lowest BCUT2D eigenvalue weighted by atomic mass is 9.85. The third-order valence-corrected chi connectivity index (χ3v) is 6.12. The lowest BCUT2D eigenvalue weighted by Crippen LogP contribution is -2.47. The third kappa shape index (κ3) is 4.54. The smallest absolute Gasteiger partial charge is 0.0825 e. The van der Waals surface area contributed by atoms with Gasteiger partial charge in [0.15, 0.2) is 0 Å². The number of anilines is 1. The Labute approximate surface area is 149 Å². The Balaban J connectivity index is 1.44. The molecule has 0 spiro atoms. The van der Waals surface area contributed by atoms with Crippen LogP contribution in [0.3, 0.4) is 0 Å². The molecular formula is C18H26Cl2N2O. The van der Waals surface area contributed by atoms with Crippen LogP contribution < -0.4 is 4.90 Å². The van der Waals surface area contributed by atoms with Crippen molar-refractivity contribution in [3.05, 3.63) is 28.2 Å². The summed E-state index contributed by atoms with van der Waals surface area (Å²) < 4.78 is 0. The normalized spacial score (nSPS) is 26.5. The van der Waals surface area contributed by atoms with E-state index in [9.17, 15) is 5.11 Å². The molecule has 0 aromatic heterocycles. The van der Waals surface area contributed by atoms with Gasteiger partial charge < -0.3 is 10.0 Å². The summed E-state index contributed by atoms with van der Waals surface area (Å²) in [6.07, 6.45) is 5.60. The van der Waals surface area contributed by atoms with Gasteiger partial charge in [-0.1, -0.05) is 29.3 Å². The third-order valence-electron chi connectivity index (χ3n) is 5.31. The molecule has 5 heteroatoms. The van der Waals surface area contributed by atoms with Crippen molar-refractivity contribution in [3.63, 3.8) is 0 Å². The van der Waals surface area contributed by atoms with Crippen LogP contribution in [0.25, 0.3) is 0 Å². The Morgan fingerprint density at radius 2 is 1.70 bits per heavy atom. The molecule has 3 rings (SSSR count). The van der Waals surface area contributed by atoms with Crippen LogP contribution in [-0.2, 0) is 0 Å². The van der Waals surface area contributed by atoms with Crippen LogP contribution in [0.15, 0.2) is 18.2 Å². The summed E-state index contributed by atoms with van der Waals surface area (Å²) in [5.74, 6) is 0.804. The summed E-state index contributed by atoms with van der Waals surface area (Å²) in [7, 11) is 0. The van der Waals surface area contributed by atoms with Crippen LogP contribution in [0.1, 0.15) is 32.1 Å². The number of hydrogen-bond acceptors (Lipinski definition) is 3. The molecule has 1 N–H and O–H groups in total.